The van der Waals surface area contributed by atoms with Gasteiger partial charge < -0.3 is 14.8 Å². The topological polar surface area (TPSA) is 50.2 Å². The Morgan fingerprint density at radius 2 is 2.23 bits per heavy atom. The molecule has 0 unspecified atom stereocenters. The van der Waals surface area contributed by atoms with Crippen molar-refractivity contribution in [1.82, 2.24) is 14.5 Å². The summed E-state index contributed by atoms with van der Waals surface area (Å²) in [6, 6.07) is 7.99. The summed E-state index contributed by atoms with van der Waals surface area (Å²) in [6.07, 6.45) is 10.9. The molecule has 2 fully saturated rings. The van der Waals surface area contributed by atoms with Crippen molar-refractivity contribution >= 4 is 23.5 Å². The first-order valence-corrected chi connectivity index (χ1v) is 10.7. The molecule has 0 bridgehead atoms. The molecular weight excluding hydrogens is 344 g/mol. The summed E-state index contributed by atoms with van der Waals surface area (Å²) in [7, 11) is 0. The molecule has 26 heavy (non-hydrogen) atoms. The predicted molar refractivity (Wildman–Crippen MR) is 106 cm³/mol. The maximum Gasteiger partial charge on any atom is 0.321 e. The second-order valence-corrected chi connectivity index (χ2v) is 8.21. The fourth-order valence-corrected chi connectivity index (χ4v) is 4.15. The summed E-state index contributed by atoms with van der Waals surface area (Å²) in [5, 5.41) is 3.06. The zero-order chi connectivity index (χ0) is 17.9. The third-order valence-corrected chi connectivity index (χ3v) is 6.02. The number of carbonyl (C=O) groups excluding carboxylic acids is 1. The Balaban J connectivity index is 1.41. The second kappa shape index (κ2) is 7.74. The van der Waals surface area contributed by atoms with Gasteiger partial charge >= 0.3 is 6.03 Å². The van der Waals surface area contributed by atoms with E-state index in [0.29, 0.717) is 5.92 Å². The number of carbonyl (C=O) groups is 1. The van der Waals surface area contributed by atoms with E-state index in [4.69, 9.17) is 0 Å². The molecule has 1 N–H and O–H groups in total. The molecule has 0 spiro atoms. The first kappa shape index (κ1) is 17.5. The van der Waals surface area contributed by atoms with Crippen LogP contribution in [0.2, 0.25) is 0 Å². The highest BCUT2D eigenvalue weighted by molar-refractivity contribution is 7.98. The number of nitrogens with zero attached hydrogens (tertiary/aromatic N) is 3. The van der Waals surface area contributed by atoms with Gasteiger partial charge in [0.1, 0.15) is 5.82 Å². The van der Waals surface area contributed by atoms with Gasteiger partial charge in [0, 0.05) is 48.5 Å². The average Bonchev–Trinajstić information content (AvgIpc) is 3.37. The molecule has 1 saturated heterocycles. The number of likely N-dealkylation sites (tertiary alicyclic amines) is 1. The standard InChI is InChI=1S/C20H26N4OS/c1-26-18-6-2-5-17(12-18)22-20(25)24-10-3-4-16(14-24)19-21-9-11-23(19)13-15-7-8-15/h2,5-6,9,11-12,15-16H,3-4,7-8,10,13-14H2,1H3,(H,22,25)/t16-/m1/s1. The zero-order valence-electron chi connectivity index (χ0n) is 15.2. The van der Waals surface area contributed by atoms with Crippen LogP contribution in [-0.2, 0) is 6.54 Å². The summed E-state index contributed by atoms with van der Waals surface area (Å²) in [5.41, 5.74) is 0.860. The number of anilines is 1. The number of hydrogen-bond acceptors (Lipinski definition) is 3. The zero-order valence-corrected chi connectivity index (χ0v) is 16.0. The van der Waals surface area contributed by atoms with Crippen molar-refractivity contribution in [2.75, 3.05) is 24.7 Å². The first-order valence-electron chi connectivity index (χ1n) is 9.44. The molecule has 2 amide bonds. The minimum absolute atomic E-state index is 0.00625. The number of benzene rings is 1. The van der Waals surface area contributed by atoms with Crippen molar-refractivity contribution in [3.05, 3.63) is 42.5 Å². The van der Waals surface area contributed by atoms with Crippen molar-refractivity contribution in [3.63, 3.8) is 0 Å². The van der Waals surface area contributed by atoms with Gasteiger partial charge in [0.05, 0.1) is 0 Å². The van der Waals surface area contributed by atoms with E-state index in [9.17, 15) is 4.79 Å². The highest BCUT2D eigenvalue weighted by Crippen LogP contribution is 2.33. The number of hydrogen-bond donors (Lipinski definition) is 1. The van der Waals surface area contributed by atoms with E-state index >= 15 is 0 Å². The summed E-state index contributed by atoms with van der Waals surface area (Å²) in [6.45, 7) is 2.64. The molecular formula is C20H26N4OS. The minimum Gasteiger partial charge on any atom is -0.334 e. The van der Waals surface area contributed by atoms with Crippen LogP contribution >= 0.6 is 11.8 Å². The van der Waals surface area contributed by atoms with E-state index in [2.05, 4.69) is 27.1 Å². The quantitative estimate of drug-likeness (QED) is 0.792. The summed E-state index contributed by atoms with van der Waals surface area (Å²) >= 11 is 1.68. The summed E-state index contributed by atoms with van der Waals surface area (Å²) in [5.74, 6) is 2.31. The van der Waals surface area contributed by atoms with Crippen LogP contribution in [0, 0.1) is 5.92 Å². The van der Waals surface area contributed by atoms with Crippen molar-refractivity contribution in [2.24, 2.45) is 5.92 Å². The van der Waals surface area contributed by atoms with Crippen LogP contribution in [0.5, 0.6) is 0 Å². The van der Waals surface area contributed by atoms with Crippen LogP contribution in [0.4, 0.5) is 10.5 Å². The van der Waals surface area contributed by atoms with E-state index in [1.807, 2.05) is 35.6 Å². The molecule has 1 aliphatic carbocycles. The number of piperidine rings is 1. The Kier molecular flexibility index (Phi) is 5.20. The van der Waals surface area contributed by atoms with E-state index < -0.39 is 0 Å². The average molecular weight is 371 g/mol. The van der Waals surface area contributed by atoms with Crippen LogP contribution in [0.25, 0.3) is 0 Å². The normalized spacial score (nSPS) is 20.2. The number of aromatic nitrogens is 2. The molecule has 1 aromatic carbocycles. The van der Waals surface area contributed by atoms with Crippen LogP contribution < -0.4 is 5.32 Å². The highest BCUT2D eigenvalue weighted by atomic mass is 32.2. The predicted octanol–water partition coefficient (Wildman–Crippen LogP) is 4.43. The number of thioether (sulfide) groups is 1. The molecule has 4 rings (SSSR count). The fraction of sp³-hybridized carbons (Fsp3) is 0.500. The molecule has 5 nitrogen and oxygen atoms in total. The van der Waals surface area contributed by atoms with E-state index in [0.717, 1.165) is 54.8 Å². The van der Waals surface area contributed by atoms with Crippen molar-refractivity contribution in [2.45, 2.75) is 43.0 Å². The van der Waals surface area contributed by atoms with E-state index in [-0.39, 0.29) is 6.03 Å². The van der Waals surface area contributed by atoms with Gasteiger partial charge in [0.25, 0.3) is 0 Å². The highest BCUT2D eigenvalue weighted by Gasteiger charge is 2.29. The largest absolute Gasteiger partial charge is 0.334 e. The van der Waals surface area contributed by atoms with Gasteiger partial charge in [-0.3, -0.25) is 0 Å². The van der Waals surface area contributed by atoms with Crippen LogP contribution in [-0.4, -0.2) is 39.8 Å². The van der Waals surface area contributed by atoms with Crippen molar-refractivity contribution in [1.29, 1.82) is 0 Å². The lowest BCUT2D eigenvalue weighted by Crippen LogP contribution is -2.42. The van der Waals surface area contributed by atoms with Gasteiger partial charge in [-0.05, 0) is 56.1 Å². The number of rotatable bonds is 5. The Bertz CT molecular complexity index is 771. The third kappa shape index (κ3) is 4.06. The molecule has 1 saturated carbocycles. The smallest absolute Gasteiger partial charge is 0.321 e. The van der Waals surface area contributed by atoms with E-state index in [1.165, 1.54) is 12.8 Å². The number of amides is 2. The van der Waals surface area contributed by atoms with Gasteiger partial charge in [-0.25, -0.2) is 9.78 Å². The Morgan fingerprint density at radius 1 is 1.35 bits per heavy atom. The molecule has 2 aliphatic rings. The Hall–Kier alpha value is -1.95. The molecule has 2 heterocycles. The number of imidazole rings is 1. The lowest BCUT2D eigenvalue weighted by atomic mass is 9.97. The van der Waals surface area contributed by atoms with E-state index in [1.54, 1.807) is 11.8 Å². The van der Waals surface area contributed by atoms with Crippen LogP contribution in [0.15, 0.2) is 41.6 Å². The second-order valence-electron chi connectivity index (χ2n) is 7.33. The maximum absolute atomic E-state index is 12.7. The third-order valence-electron chi connectivity index (χ3n) is 5.29. The first-order chi connectivity index (χ1) is 12.7. The summed E-state index contributed by atoms with van der Waals surface area (Å²) < 4.78 is 2.31. The minimum atomic E-state index is -0.00625. The van der Waals surface area contributed by atoms with Gasteiger partial charge in [0.2, 0.25) is 0 Å². The Morgan fingerprint density at radius 3 is 3.04 bits per heavy atom. The Labute approximate surface area is 159 Å². The lowest BCUT2D eigenvalue weighted by molar-refractivity contribution is 0.190. The molecule has 6 heteroatoms. The number of urea groups is 1. The van der Waals surface area contributed by atoms with Gasteiger partial charge in [0.15, 0.2) is 0 Å². The van der Waals surface area contributed by atoms with Crippen LogP contribution in [0.1, 0.15) is 37.4 Å². The van der Waals surface area contributed by atoms with Crippen molar-refractivity contribution < 1.29 is 4.79 Å². The molecule has 0 radical (unpaired) electrons. The van der Waals surface area contributed by atoms with Gasteiger partial charge in [-0.2, -0.15) is 0 Å². The fourth-order valence-electron chi connectivity index (χ4n) is 3.69. The SMILES string of the molecule is CSc1cccc(NC(=O)N2CCC[C@@H](c3nccn3CC3CC3)C2)c1. The van der Waals surface area contributed by atoms with Crippen LogP contribution in [0.3, 0.4) is 0 Å². The maximum atomic E-state index is 12.7. The van der Waals surface area contributed by atoms with Gasteiger partial charge in [-0.1, -0.05) is 6.07 Å². The molecule has 1 aliphatic heterocycles. The number of nitrogens with one attached hydrogen (secondary N) is 1. The monoisotopic (exact) mass is 370 g/mol. The lowest BCUT2D eigenvalue weighted by Gasteiger charge is -2.32. The van der Waals surface area contributed by atoms with Crippen molar-refractivity contribution in [3.8, 4) is 0 Å². The molecule has 2 aromatic rings. The summed E-state index contributed by atoms with van der Waals surface area (Å²) in [4.78, 5) is 20.5. The molecule has 1 atom stereocenters. The molecule has 138 valence electrons. The molecule has 1 aromatic heterocycles. The van der Waals surface area contributed by atoms with Gasteiger partial charge in [-0.15, -0.1) is 11.8 Å².